The summed E-state index contributed by atoms with van der Waals surface area (Å²) in [7, 11) is -2.32. The van der Waals surface area contributed by atoms with Gasteiger partial charge in [-0.1, -0.05) is 54.1 Å². The van der Waals surface area contributed by atoms with Gasteiger partial charge in [0.05, 0.1) is 19.1 Å². The van der Waals surface area contributed by atoms with Crippen molar-refractivity contribution in [1.29, 1.82) is 0 Å². The van der Waals surface area contributed by atoms with Crippen molar-refractivity contribution in [2.45, 2.75) is 25.9 Å². The molecule has 10 heteroatoms. The fourth-order valence-electron chi connectivity index (χ4n) is 3.99. The fraction of sp³-hybridized carbons (Fsp3) is 0.286. The van der Waals surface area contributed by atoms with Crippen LogP contribution in [0.2, 0.25) is 5.02 Å². The Bertz CT molecular complexity index is 1320. The molecule has 0 bridgehead atoms. The van der Waals surface area contributed by atoms with E-state index >= 15 is 0 Å². The molecule has 0 fully saturated rings. The van der Waals surface area contributed by atoms with Gasteiger partial charge in [0.1, 0.15) is 18.3 Å². The van der Waals surface area contributed by atoms with E-state index in [1.807, 2.05) is 30.3 Å². The lowest BCUT2D eigenvalue weighted by Gasteiger charge is -2.33. The molecule has 0 aromatic heterocycles. The standard InChI is InChI=1S/C28H32ClN3O5S/c1-4-30-28(34)26(18-21-8-6-5-7-9-21)31(19-22-10-12-23(29)13-11-22)27(33)20-32(38(3,35)36)24-14-16-25(37-2)17-15-24/h5-17,26H,4,18-20H2,1-3H3,(H,30,34)/t26-/m1/s1. The number of nitrogens with zero attached hydrogens (tertiary/aromatic N) is 2. The van der Waals surface area contributed by atoms with Crippen molar-refractivity contribution < 1.29 is 22.7 Å². The van der Waals surface area contributed by atoms with E-state index in [1.165, 1.54) is 12.0 Å². The van der Waals surface area contributed by atoms with Crippen LogP contribution in [0.4, 0.5) is 5.69 Å². The number of carbonyl (C=O) groups excluding carboxylic acids is 2. The summed E-state index contributed by atoms with van der Waals surface area (Å²) >= 11 is 6.05. The Morgan fingerprint density at radius 1 is 0.947 bits per heavy atom. The van der Waals surface area contributed by atoms with E-state index in [1.54, 1.807) is 55.5 Å². The Hall–Kier alpha value is -3.56. The van der Waals surface area contributed by atoms with E-state index in [2.05, 4.69) is 5.32 Å². The van der Waals surface area contributed by atoms with Crippen molar-refractivity contribution in [3.05, 3.63) is 95.0 Å². The number of rotatable bonds is 12. The summed E-state index contributed by atoms with van der Waals surface area (Å²) < 4.78 is 31.7. The SMILES string of the molecule is CCNC(=O)[C@@H](Cc1ccccc1)N(Cc1ccc(Cl)cc1)C(=O)CN(c1ccc(OC)cc1)S(C)(=O)=O. The molecule has 0 radical (unpaired) electrons. The van der Waals surface area contributed by atoms with Crippen LogP contribution in [0.1, 0.15) is 18.1 Å². The highest BCUT2D eigenvalue weighted by Gasteiger charge is 2.32. The van der Waals surface area contributed by atoms with Gasteiger partial charge in [-0.3, -0.25) is 13.9 Å². The molecule has 0 heterocycles. The minimum Gasteiger partial charge on any atom is -0.497 e. The Morgan fingerprint density at radius 3 is 2.13 bits per heavy atom. The first kappa shape index (κ1) is 29.0. The minimum absolute atomic E-state index is 0.0881. The maximum absolute atomic E-state index is 13.9. The predicted octanol–water partition coefficient (Wildman–Crippen LogP) is 3.89. The summed E-state index contributed by atoms with van der Waals surface area (Å²) in [5, 5.41) is 3.37. The van der Waals surface area contributed by atoms with E-state index < -0.39 is 28.5 Å². The number of hydrogen-bond acceptors (Lipinski definition) is 5. The molecule has 3 rings (SSSR count). The zero-order chi connectivity index (χ0) is 27.7. The molecule has 38 heavy (non-hydrogen) atoms. The Labute approximate surface area is 229 Å². The fourth-order valence-corrected chi connectivity index (χ4v) is 4.97. The molecule has 3 aromatic rings. The van der Waals surface area contributed by atoms with Gasteiger partial charge in [0, 0.05) is 24.5 Å². The Morgan fingerprint density at radius 2 is 1.58 bits per heavy atom. The van der Waals surface area contributed by atoms with Crippen LogP contribution in [0.15, 0.2) is 78.9 Å². The molecule has 0 unspecified atom stereocenters. The van der Waals surface area contributed by atoms with Gasteiger partial charge in [-0.2, -0.15) is 0 Å². The van der Waals surface area contributed by atoms with Gasteiger partial charge < -0.3 is 15.0 Å². The van der Waals surface area contributed by atoms with Crippen molar-refractivity contribution in [3.8, 4) is 5.75 Å². The molecule has 8 nitrogen and oxygen atoms in total. The van der Waals surface area contributed by atoms with Gasteiger partial charge in [0.15, 0.2) is 0 Å². The second-order valence-corrected chi connectivity index (χ2v) is 11.1. The van der Waals surface area contributed by atoms with Crippen molar-refractivity contribution in [3.63, 3.8) is 0 Å². The van der Waals surface area contributed by atoms with Crippen LogP contribution >= 0.6 is 11.6 Å². The topological polar surface area (TPSA) is 96.0 Å². The molecule has 3 aromatic carbocycles. The number of carbonyl (C=O) groups is 2. The maximum Gasteiger partial charge on any atom is 0.244 e. The first-order chi connectivity index (χ1) is 18.1. The minimum atomic E-state index is -3.83. The third-order valence-electron chi connectivity index (χ3n) is 5.93. The molecule has 0 aliphatic heterocycles. The number of hydrogen-bond donors (Lipinski definition) is 1. The van der Waals surface area contributed by atoms with Crippen molar-refractivity contribution in [1.82, 2.24) is 10.2 Å². The number of benzene rings is 3. The van der Waals surface area contributed by atoms with Gasteiger partial charge in [-0.15, -0.1) is 0 Å². The van der Waals surface area contributed by atoms with Crippen molar-refractivity contribution in [2.24, 2.45) is 0 Å². The van der Waals surface area contributed by atoms with Gasteiger partial charge in [-0.25, -0.2) is 8.42 Å². The molecule has 202 valence electrons. The third-order valence-corrected chi connectivity index (χ3v) is 7.32. The number of sulfonamides is 1. The number of amides is 2. The highest BCUT2D eigenvalue weighted by molar-refractivity contribution is 7.92. The van der Waals surface area contributed by atoms with Crippen LogP contribution in [0, 0.1) is 0 Å². The number of likely N-dealkylation sites (N-methyl/N-ethyl adjacent to an activating group) is 1. The van der Waals surface area contributed by atoms with E-state index in [0.29, 0.717) is 23.0 Å². The summed E-state index contributed by atoms with van der Waals surface area (Å²) in [6, 6.07) is 21.9. The second-order valence-electron chi connectivity index (χ2n) is 8.72. The molecule has 0 aliphatic carbocycles. The summed E-state index contributed by atoms with van der Waals surface area (Å²) in [6.45, 7) is 1.79. The van der Waals surface area contributed by atoms with Gasteiger partial charge in [0.2, 0.25) is 21.8 Å². The highest BCUT2D eigenvalue weighted by Crippen LogP contribution is 2.23. The smallest absolute Gasteiger partial charge is 0.244 e. The van der Waals surface area contributed by atoms with Crippen molar-refractivity contribution in [2.75, 3.05) is 30.8 Å². The average Bonchev–Trinajstić information content (AvgIpc) is 2.90. The summed E-state index contributed by atoms with van der Waals surface area (Å²) in [5.74, 6) is -0.292. The lowest BCUT2D eigenvalue weighted by Crippen LogP contribution is -2.53. The van der Waals surface area contributed by atoms with Crippen LogP contribution in [0.25, 0.3) is 0 Å². The van der Waals surface area contributed by atoms with E-state index in [9.17, 15) is 18.0 Å². The summed E-state index contributed by atoms with van der Waals surface area (Å²) in [6.07, 6.45) is 1.30. The first-order valence-corrected chi connectivity index (χ1v) is 14.3. The first-order valence-electron chi connectivity index (χ1n) is 12.1. The van der Waals surface area contributed by atoms with Crippen LogP contribution in [-0.2, 0) is 32.6 Å². The molecular formula is C28H32ClN3O5S. The monoisotopic (exact) mass is 557 g/mol. The number of methoxy groups -OCH3 is 1. The number of nitrogens with one attached hydrogen (secondary N) is 1. The quantitative estimate of drug-likeness (QED) is 0.364. The van der Waals surface area contributed by atoms with Gasteiger partial charge in [0.25, 0.3) is 0 Å². The molecule has 0 saturated carbocycles. The van der Waals surface area contributed by atoms with E-state index in [-0.39, 0.29) is 18.9 Å². The van der Waals surface area contributed by atoms with Crippen LogP contribution in [0.5, 0.6) is 5.75 Å². The normalized spacial score (nSPS) is 11.9. The van der Waals surface area contributed by atoms with Gasteiger partial charge in [-0.05, 0) is 54.4 Å². The second kappa shape index (κ2) is 13.3. The molecular weight excluding hydrogens is 526 g/mol. The maximum atomic E-state index is 13.9. The summed E-state index contributed by atoms with van der Waals surface area (Å²) in [5.41, 5.74) is 1.93. The Balaban J connectivity index is 2.01. The average molecular weight is 558 g/mol. The molecule has 0 aliphatic rings. The van der Waals surface area contributed by atoms with Crippen molar-refractivity contribution >= 4 is 39.1 Å². The number of anilines is 1. The van der Waals surface area contributed by atoms with Crippen LogP contribution in [0.3, 0.4) is 0 Å². The lowest BCUT2D eigenvalue weighted by atomic mass is 10.0. The van der Waals surface area contributed by atoms with E-state index in [0.717, 1.165) is 21.7 Å². The lowest BCUT2D eigenvalue weighted by molar-refractivity contribution is -0.140. The number of halogens is 1. The molecule has 0 saturated heterocycles. The predicted molar refractivity (Wildman–Crippen MR) is 150 cm³/mol. The zero-order valence-electron chi connectivity index (χ0n) is 21.6. The molecule has 1 atom stereocenters. The largest absolute Gasteiger partial charge is 0.497 e. The highest BCUT2D eigenvalue weighted by atomic mass is 35.5. The van der Waals surface area contributed by atoms with Crippen LogP contribution in [-0.4, -0.2) is 57.6 Å². The molecule has 1 N–H and O–H groups in total. The number of ether oxygens (including phenoxy) is 1. The summed E-state index contributed by atoms with van der Waals surface area (Å²) in [4.78, 5) is 28.6. The zero-order valence-corrected chi connectivity index (χ0v) is 23.2. The third kappa shape index (κ3) is 7.97. The molecule has 0 spiro atoms. The van der Waals surface area contributed by atoms with E-state index in [4.69, 9.17) is 16.3 Å². The Kier molecular flexibility index (Phi) is 10.2. The van der Waals surface area contributed by atoms with Gasteiger partial charge >= 0.3 is 0 Å². The molecule has 2 amide bonds. The van der Waals surface area contributed by atoms with Crippen LogP contribution < -0.4 is 14.4 Å².